The summed E-state index contributed by atoms with van der Waals surface area (Å²) in [7, 11) is 0. The molecule has 2 rings (SSSR count). The SMILES string of the molecule is CC(C)n1nccc1-c1c(F)cccc1Br. The third-order valence-electron chi connectivity index (χ3n) is 2.38. The Kier molecular flexibility index (Phi) is 3.10. The smallest absolute Gasteiger partial charge is 0.133 e. The van der Waals surface area contributed by atoms with E-state index in [1.807, 2.05) is 30.7 Å². The van der Waals surface area contributed by atoms with Gasteiger partial charge < -0.3 is 0 Å². The van der Waals surface area contributed by atoms with Gasteiger partial charge in [-0.05, 0) is 48.0 Å². The summed E-state index contributed by atoms with van der Waals surface area (Å²) >= 11 is 3.37. The fourth-order valence-corrected chi connectivity index (χ4v) is 2.21. The van der Waals surface area contributed by atoms with Gasteiger partial charge in [0.15, 0.2) is 0 Å². The highest BCUT2D eigenvalue weighted by atomic mass is 79.9. The summed E-state index contributed by atoms with van der Waals surface area (Å²) in [6.07, 6.45) is 1.69. The Labute approximate surface area is 102 Å². The molecule has 0 saturated heterocycles. The summed E-state index contributed by atoms with van der Waals surface area (Å²) in [5, 5.41) is 4.20. The van der Waals surface area contributed by atoms with Crippen molar-refractivity contribution in [1.29, 1.82) is 0 Å². The number of hydrogen-bond donors (Lipinski definition) is 0. The lowest BCUT2D eigenvalue weighted by Crippen LogP contribution is -2.05. The molecule has 0 saturated carbocycles. The summed E-state index contributed by atoms with van der Waals surface area (Å²) < 4.78 is 16.3. The maximum absolute atomic E-state index is 13.8. The van der Waals surface area contributed by atoms with Gasteiger partial charge in [0.05, 0.1) is 5.69 Å². The van der Waals surface area contributed by atoms with Crippen LogP contribution in [-0.4, -0.2) is 9.78 Å². The van der Waals surface area contributed by atoms with Crippen molar-refractivity contribution in [2.24, 2.45) is 0 Å². The molecule has 1 aromatic carbocycles. The second kappa shape index (κ2) is 4.37. The van der Waals surface area contributed by atoms with E-state index in [9.17, 15) is 4.39 Å². The molecule has 2 nitrogen and oxygen atoms in total. The van der Waals surface area contributed by atoms with Crippen LogP contribution in [0, 0.1) is 5.82 Å². The van der Waals surface area contributed by atoms with Crippen LogP contribution in [0.3, 0.4) is 0 Å². The van der Waals surface area contributed by atoms with Crippen molar-refractivity contribution in [2.75, 3.05) is 0 Å². The molecule has 2 aromatic rings. The first-order valence-corrected chi connectivity index (χ1v) is 5.88. The monoisotopic (exact) mass is 282 g/mol. The largest absolute Gasteiger partial charge is 0.262 e. The van der Waals surface area contributed by atoms with Crippen LogP contribution >= 0.6 is 15.9 Å². The van der Waals surface area contributed by atoms with Crippen LogP contribution in [0.15, 0.2) is 34.9 Å². The van der Waals surface area contributed by atoms with Gasteiger partial charge in [-0.25, -0.2) is 4.39 Å². The fraction of sp³-hybridized carbons (Fsp3) is 0.250. The Balaban J connectivity index is 2.63. The molecule has 0 N–H and O–H groups in total. The van der Waals surface area contributed by atoms with Gasteiger partial charge in [0.1, 0.15) is 5.82 Å². The van der Waals surface area contributed by atoms with Crippen molar-refractivity contribution in [2.45, 2.75) is 19.9 Å². The summed E-state index contributed by atoms with van der Waals surface area (Å²) in [6, 6.07) is 6.99. The van der Waals surface area contributed by atoms with E-state index in [1.165, 1.54) is 6.07 Å². The van der Waals surface area contributed by atoms with Gasteiger partial charge in [-0.2, -0.15) is 5.10 Å². The minimum Gasteiger partial charge on any atom is -0.262 e. The number of nitrogens with zero attached hydrogens (tertiary/aromatic N) is 2. The van der Waals surface area contributed by atoms with Crippen molar-refractivity contribution in [3.8, 4) is 11.3 Å². The molecule has 16 heavy (non-hydrogen) atoms. The van der Waals surface area contributed by atoms with Crippen LogP contribution in [0.1, 0.15) is 19.9 Å². The number of rotatable bonds is 2. The number of aromatic nitrogens is 2. The lowest BCUT2D eigenvalue weighted by atomic mass is 10.1. The van der Waals surface area contributed by atoms with Crippen LogP contribution < -0.4 is 0 Å². The van der Waals surface area contributed by atoms with E-state index in [4.69, 9.17) is 0 Å². The highest BCUT2D eigenvalue weighted by molar-refractivity contribution is 9.10. The van der Waals surface area contributed by atoms with Crippen LogP contribution in [0.2, 0.25) is 0 Å². The van der Waals surface area contributed by atoms with Crippen LogP contribution in [-0.2, 0) is 0 Å². The van der Waals surface area contributed by atoms with Crippen LogP contribution in [0.5, 0.6) is 0 Å². The van der Waals surface area contributed by atoms with Crippen molar-refractivity contribution in [3.63, 3.8) is 0 Å². The first-order valence-electron chi connectivity index (χ1n) is 5.09. The maximum atomic E-state index is 13.8. The molecule has 0 aliphatic rings. The van der Waals surface area contributed by atoms with Gasteiger partial charge in [-0.1, -0.05) is 6.07 Å². The van der Waals surface area contributed by atoms with Crippen molar-refractivity contribution < 1.29 is 4.39 Å². The molecular weight excluding hydrogens is 271 g/mol. The quantitative estimate of drug-likeness (QED) is 0.813. The van der Waals surface area contributed by atoms with Crippen LogP contribution in [0.25, 0.3) is 11.3 Å². The Morgan fingerprint density at radius 3 is 2.69 bits per heavy atom. The van der Waals surface area contributed by atoms with Gasteiger partial charge in [0, 0.05) is 22.3 Å². The number of halogens is 2. The van der Waals surface area contributed by atoms with E-state index in [0.717, 1.165) is 10.2 Å². The predicted molar refractivity (Wildman–Crippen MR) is 65.7 cm³/mol. The lowest BCUT2D eigenvalue weighted by molar-refractivity contribution is 0.535. The highest BCUT2D eigenvalue weighted by Gasteiger charge is 2.14. The number of benzene rings is 1. The lowest BCUT2D eigenvalue weighted by Gasteiger charge is -2.12. The summed E-state index contributed by atoms with van der Waals surface area (Å²) in [5.74, 6) is -0.239. The molecule has 1 aromatic heterocycles. The molecule has 0 radical (unpaired) electrons. The third kappa shape index (κ3) is 1.89. The minimum absolute atomic E-state index is 0.205. The van der Waals surface area contributed by atoms with Crippen molar-refractivity contribution in [3.05, 3.63) is 40.8 Å². The van der Waals surface area contributed by atoms with E-state index in [0.29, 0.717) is 5.56 Å². The molecule has 0 amide bonds. The maximum Gasteiger partial charge on any atom is 0.133 e. The van der Waals surface area contributed by atoms with Crippen molar-refractivity contribution in [1.82, 2.24) is 9.78 Å². The van der Waals surface area contributed by atoms with Gasteiger partial charge in [0.2, 0.25) is 0 Å². The molecule has 4 heteroatoms. The second-order valence-corrected chi connectivity index (χ2v) is 4.71. The average Bonchev–Trinajstić information content (AvgIpc) is 2.66. The molecule has 0 atom stereocenters. The standard InChI is InChI=1S/C12H12BrFN2/c1-8(2)16-11(6-7-15-16)12-9(13)4-3-5-10(12)14/h3-8H,1-2H3. The molecule has 0 spiro atoms. The molecule has 0 aliphatic heterocycles. The zero-order valence-corrected chi connectivity index (χ0v) is 10.7. The van der Waals surface area contributed by atoms with Gasteiger partial charge in [-0.3, -0.25) is 4.68 Å². The highest BCUT2D eigenvalue weighted by Crippen LogP contribution is 2.31. The zero-order chi connectivity index (χ0) is 11.7. The Bertz CT molecular complexity index is 485. The summed E-state index contributed by atoms with van der Waals surface area (Å²) in [6.45, 7) is 4.04. The molecular formula is C12H12BrFN2. The Morgan fingerprint density at radius 2 is 2.06 bits per heavy atom. The fourth-order valence-electron chi connectivity index (χ4n) is 1.67. The van der Waals surface area contributed by atoms with E-state index in [1.54, 1.807) is 12.3 Å². The molecule has 84 valence electrons. The first kappa shape index (κ1) is 11.3. The second-order valence-electron chi connectivity index (χ2n) is 3.85. The average molecular weight is 283 g/mol. The zero-order valence-electron chi connectivity index (χ0n) is 9.11. The van der Waals surface area contributed by atoms with Crippen molar-refractivity contribution >= 4 is 15.9 Å². The molecule has 0 aliphatic carbocycles. The normalized spacial score (nSPS) is 11.1. The van der Waals surface area contributed by atoms with E-state index in [2.05, 4.69) is 21.0 Å². The Hall–Kier alpha value is -1.16. The summed E-state index contributed by atoms with van der Waals surface area (Å²) in [4.78, 5) is 0. The van der Waals surface area contributed by atoms with E-state index < -0.39 is 0 Å². The van der Waals surface area contributed by atoms with Gasteiger partial charge in [-0.15, -0.1) is 0 Å². The first-order chi connectivity index (χ1) is 7.61. The van der Waals surface area contributed by atoms with Gasteiger partial charge >= 0.3 is 0 Å². The Morgan fingerprint density at radius 1 is 1.31 bits per heavy atom. The predicted octanol–water partition coefficient (Wildman–Crippen LogP) is 4.03. The topological polar surface area (TPSA) is 17.8 Å². The summed E-state index contributed by atoms with van der Waals surface area (Å²) in [5.41, 5.74) is 1.36. The van der Waals surface area contributed by atoms with E-state index >= 15 is 0 Å². The molecule has 0 bridgehead atoms. The molecule has 1 heterocycles. The van der Waals surface area contributed by atoms with Gasteiger partial charge in [0.25, 0.3) is 0 Å². The van der Waals surface area contributed by atoms with Crippen LogP contribution in [0.4, 0.5) is 4.39 Å². The number of hydrogen-bond acceptors (Lipinski definition) is 1. The minimum atomic E-state index is -0.239. The molecule has 0 fully saturated rings. The van der Waals surface area contributed by atoms with E-state index in [-0.39, 0.29) is 11.9 Å². The third-order valence-corrected chi connectivity index (χ3v) is 3.04. The molecule has 0 unspecified atom stereocenters.